The van der Waals surface area contributed by atoms with Crippen LogP contribution < -0.4 is 5.32 Å². The van der Waals surface area contributed by atoms with Crippen molar-refractivity contribution in [3.8, 4) is 11.3 Å². The van der Waals surface area contributed by atoms with Gasteiger partial charge in [0.15, 0.2) is 5.15 Å². The van der Waals surface area contributed by atoms with Gasteiger partial charge in [-0.1, -0.05) is 46.1 Å². The molecule has 0 saturated heterocycles. The van der Waals surface area contributed by atoms with Crippen LogP contribution in [0.4, 0.5) is 4.79 Å². The molecule has 5 nitrogen and oxygen atoms in total. The third-order valence-electron chi connectivity index (χ3n) is 4.38. The molecule has 1 aliphatic carbocycles. The first-order valence-corrected chi connectivity index (χ1v) is 9.91. The number of nitrogens with one attached hydrogen (secondary N) is 2. The Kier molecular flexibility index (Phi) is 5.63. The summed E-state index contributed by atoms with van der Waals surface area (Å²) in [7, 11) is 0. The van der Waals surface area contributed by atoms with Crippen LogP contribution in [0.1, 0.15) is 51.8 Å². The van der Waals surface area contributed by atoms with Crippen molar-refractivity contribution >= 4 is 33.6 Å². The molecular formula is C19H23BrClN3O2. The monoisotopic (exact) mass is 439 g/mol. The lowest BCUT2D eigenvalue weighted by molar-refractivity contribution is 0.0500. The topological polar surface area (TPSA) is 67.0 Å². The van der Waals surface area contributed by atoms with Crippen LogP contribution in [0.3, 0.4) is 0 Å². The highest BCUT2D eigenvalue weighted by molar-refractivity contribution is 9.10. The number of alkyl carbamates (subject to hydrolysis) is 1. The molecule has 1 amide bonds. The maximum absolute atomic E-state index is 12.1. The Morgan fingerprint density at radius 1 is 1.31 bits per heavy atom. The molecule has 0 radical (unpaired) electrons. The van der Waals surface area contributed by atoms with Crippen molar-refractivity contribution in [2.75, 3.05) is 0 Å². The highest BCUT2D eigenvalue weighted by Crippen LogP contribution is 2.36. The van der Waals surface area contributed by atoms with E-state index in [0.29, 0.717) is 5.15 Å². The highest BCUT2D eigenvalue weighted by Gasteiger charge is 2.33. The molecule has 1 heterocycles. The first kappa shape index (κ1) is 19.2. The lowest BCUT2D eigenvalue weighted by Crippen LogP contribution is -2.40. The van der Waals surface area contributed by atoms with E-state index in [1.807, 2.05) is 45.0 Å². The van der Waals surface area contributed by atoms with Gasteiger partial charge in [0, 0.05) is 22.0 Å². The molecule has 0 bridgehead atoms. The van der Waals surface area contributed by atoms with Crippen molar-refractivity contribution < 1.29 is 9.53 Å². The van der Waals surface area contributed by atoms with Gasteiger partial charge in [0.1, 0.15) is 11.4 Å². The zero-order valence-corrected chi connectivity index (χ0v) is 17.4. The van der Waals surface area contributed by atoms with Gasteiger partial charge in [-0.25, -0.2) is 9.78 Å². The fraction of sp³-hybridized carbons (Fsp3) is 0.474. The number of hydrogen-bond donors (Lipinski definition) is 2. The molecule has 1 saturated carbocycles. The molecule has 2 N–H and O–H groups in total. The Balaban J connectivity index is 1.77. The minimum absolute atomic E-state index is 0.00941. The largest absolute Gasteiger partial charge is 0.444 e. The Hall–Kier alpha value is -1.53. The van der Waals surface area contributed by atoms with Crippen LogP contribution in [0.25, 0.3) is 11.3 Å². The van der Waals surface area contributed by atoms with Crippen LogP contribution in [0.2, 0.25) is 5.15 Å². The molecule has 2 aromatic rings. The highest BCUT2D eigenvalue weighted by atomic mass is 79.9. The second-order valence-corrected chi connectivity index (χ2v) is 8.86. The van der Waals surface area contributed by atoms with Crippen molar-refractivity contribution in [1.82, 2.24) is 15.3 Å². The SMILES string of the molecule is CC(C)(C)OC(=O)N[C@H]1CCC[C@H]1c1nc(Cl)c(-c2ccc(Br)cc2)[nH]1. The standard InChI is InChI=1S/C19H23BrClN3O2/c1-19(2,3)26-18(25)22-14-6-4-5-13(14)17-23-15(16(21)24-17)11-7-9-12(20)10-8-11/h7-10,13-14H,4-6H2,1-3H3,(H,22,25)(H,23,24)/t13-,14+/m1/s1. The number of carbonyl (C=O) groups is 1. The van der Waals surface area contributed by atoms with E-state index in [1.54, 1.807) is 0 Å². The maximum atomic E-state index is 12.1. The number of imidazole rings is 1. The number of amides is 1. The van der Waals surface area contributed by atoms with Gasteiger partial charge in [0.05, 0.1) is 5.69 Å². The zero-order chi connectivity index (χ0) is 18.9. The predicted octanol–water partition coefficient (Wildman–Crippen LogP) is 5.65. The summed E-state index contributed by atoms with van der Waals surface area (Å²) in [6, 6.07) is 7.89. The molecule has 0 spiro atoms. The third-order valence-corrected chi connectivity index (χ3v) is 5.18. The van der Waals surface area contributed by atoms with Gasteiger partial charge < -0.3 is 15.0 Å². The van der Waals surface area contributed by atoms with Crippen LogP contribution in [0.15, 0.2) is 28.7 Å². The summed E-state index contributed by atoms with van der Waals surface area (Å²) < 4.78 is 6.39. The van der Waals surface area contributed by atoms with Crippen LogP contribution in [-0.4, -0.2) is 27.7 Å². The van der Waals surface area contributed by atoms with Crippen LogP contribution in [-0.2, 0) is 4.74 Å². The second-order valence-electron chi connectivity index (χ2n) is 7.58. The summed E-state index contributed by atoms with van der Waals surface area (Å²) in [6.45, 7) is 5.57. The van der Waals surface area contributed by atoms with Crippen LogP contribution in [0.5, 0.6) is 0 Å². The summed E-state index contributed by atoms with van der Waals surface area (Å²) in [5.74, 6) is 0.913. The van der Waals surface area contributed by atoms with Crippen molar-refractivity contribution in [2.24, 2.45) is 0 Å². The molecule has 7 heteroatoms. The summed E-state index contributed by atoms with van der Waals surface area (Å²) in [5.41, 5.74) is 1.27. The molecular weight excluding hydrogens is 418 g/mol. The van der Waals surface area contributed by atoms with E-state index in [0.717, 1.165) is 40.8 Å². The van der Waals surface area contributed by atoms with Gasteiger partial charge in [-0.2, -0.15) is 0 Å². The summed E-state index contributed by atoms with van der Waals surface area (Å²) in [6.07, 6.45) is 2.48. The molecule has 26 heavy (non-hydrogen) atoms. The van der Waals surface area contributed by atoms with Crippen LogP contribution in [0, 0.1) is 0 Å². The number of benzene rings is 1. The van der Waals surface area contributed by atoms with Gasteiger partial charge in [0.2, 0.25) is 0 Å². The molecule has 1 fully saturated rings. The fourth-order valence-corrected chi connectivity index (χ4v) is 3.78. The summed E-state index contributed by atoms with van der Waals surface area (Å²) in [4.78, 5) is 20.0. The zero-order valence-electron chi connectivity index (χ0n) is 15.1. The number of halogens is 2. The minimum Gasteiger partial charge on any atom is -0.444 e. The molecule has 1 aliphatic rings. The average molecular weight is 441 g/mol. The van der Waals surface area contributed by atoms with Gasteiger partial charge in [-0.3, -0.25) is 0 Å². The molecule has 1 aromatic carbocycles. The van der Waals surface area contributed by atoms with E-state index in [-0.39, 0.29) is 18.1 Å². The molecule has 0 aliphatic heterocycles. The lowest BCUT2D eigenvalue weighted by atomic mass is 10.0. The first-order valence-electron chi connectivity index (χ1n) is 8.74. The van der Waals surface area contributed by atoms with Gasteiger partial charge >= 0.3 is 6.09 Å². The smallest absolute Gasteiger partial charge is 0.407 e. The number of nitrogens with zero attached hydrogens (tertiary/aromatic N) is 1. The number of rotatable bonds is 3. The van der Waals surface area contributed by atoms with Gasteiger partial charge in [0.25, 0.3) is 0 Å². The van der Waals surface area contributed by atoms with E-state index in [4.69, 9.17) is 16.3 Å². The van der Waals surface area contributed by atoms with Crippen molar-refractivity contribution in [1.29, 1.82) is 0 Å². The Morgan fingerprint density at radius 3 is 2.65 bits per heavy atom. The van der Waals surface area contributed by atoms with E-state index >= 15 is 0 Å². The van der Waals surface area contributed by atoms with Gasteiger partial charge in [-0.05, 0) is 45.7 Å². The van der Waals surface area contributed by atoms with Crippen molar-refractivity contribution in [3.05, 3.63) is 39.7 Å². The third kappa shape index (κ3) is 4.60. The summed E-state index contributed by atoms with van der Waals surface area (Å²) >= 11 is 9.81. The Morgan fingerprint density at radius 2 is 2.00 bits per heavy atom. The number of H-pyrrole nitrogens is 1. The van der Waals surface area contributed by atoms with E-state index in [1.165, 1.54) is 0 Å². The van der Waals surface area contributed by atoms with E-state index in [2.05, 4.69) is 31.2 Å². The normalized spacial score (nSPS) is 20.2. The quantitative estimate of drug-likeness (QED) is 0.647. The van der Waals surface area contributed by atoms with Crippen molar-refractivity contribution in [2.45, 2.75) is 57.6 Å². The summed E-state index contributed by atoms with van der Waals surface area (Å²) in [5, 5.41) is 3.44. The number of aromatic amines is 1. The number of ether oxygens (including phenoxy) is 1. The van der Waals surface area contributed by atoms with Crippen LogP contribution >= 0.6 is 27.5 Å². The first-order chi connectivity index (χ1) is 12.2. The average Bonchev–Trinajstić information content (AvgIpc) is 3.12. The van der Waals surface area contributed by atoms with Crippen molar-refractivity contribution in [3.63, 3.8) is 0 Å². The maximum Gasteiger partial charge on any atom is 0.407 e. The Bertz CT molecular complexity index is 783. The second kappa shape index (κ2) is 7.61. The van der Waals surface area contributed by atoms with E-state index < -0.39 is 5.60 Å². The molecule has 140 valence electrons. The molecule has 2 atom stereocenters. The van der Waals surface area contributed by atoms with Gasteiger partial charge in [-0.15, -0.1) is 0 Å². The van der Waals surface area contributed by atoms with E-state index in [9.17, 15) is 4.79 Å². The number of hydrogen-bond acceptors (Lipinski definition) is 3. The lowest BCUT2D eigenvalue weighted by Gasteiger charge is -2.24. The minimum atomic E-state index is -0.513. The Labute approximate surface area is 167 Å². The molecule has 0 unspecified atom stereocenters. The number of aromatic nitrogens is 2. The number of carbonyl (C=O) groups excluding carboxylic acids is 1. The molecule has 3 rings (SSSR count). The fourth-order valence-electron chi connectivity index (χ4n) is 3.27. The molecule has 1 aromatic heterocycles. The predicted molar refractivity (Wildman–Crippen MR) is 106 cm³/mol.